The summed E-state index contributed by atoms with van der Waals surface area (Å²) in [6, 6.07) is 13.1. The second-order valence-corrected chi connectivity index (χ2v) is 7.63. The molecule has 0 fully saturated rings. The summed E-state index contributed by atoms with van der Waals surface area (Å²) in [7, 11) is 1.68. The van der Waals surface area contributed by atoms with Crippen molar-refractivity contribution in [2.45, 2.75) is 33.0 Å². The summed E-state index contributed by atoms with van der Waals surface area (Å²) in [5.74, 6) is 0.658. The topological polar surface area (TPSA) is 46.1 Å². The Labute approximate surface area is 176 Å². The number of imidazole rings is 1. The van der Waals surface area contributed by atoms with Gasteiger partial charge in [-0.1, -0.05) is 12.1 Å². The first-order chi connectivity index (χ1) is 14.6. The van der Waals surface area contributed by atoms with Crippen LogP contribution >= 0.6 is 0 Å². The van der Waals surface area contributed by atoms with Gasteiger partial charge in [-0.25, -0.2) is 9.37 Å². The summed E-state index contributed by atoms with van der Waals surface area (Å²) in [4.78, 5) is 10.0. The maximum atomic E-state index is 13.7. The summed E-state index contributed by atoms with van der Waals surface area (Å²) < 4.78 is 21.1. The van der Waals surface area contributed by atoms with Crippen LogP contribution in [0.15, 0.2) is 61.2 Å². The first-order valence-electron chi connectivity index (χ1n) is 10.2. The van der Waals surface area contributed by atoms with Gasteiger partial charge in [0.25, 0.3) is 0 Å². The number of hydrogen-bond acceptors (Lipinski definition) is 3. The number of H-pyrrole nitrogens is 1. The Morgan fingerprint density at radius 3 is 2.70 bits per heavy atom. The van der Waals surface area contributed by atoms with Crippen molar-refractivity contribution in [2.24, 2.45) is 0 Å². The Bertz CT molecular complexity index is 1090. The molecule has 0 saturated carbocycles. The summed E-state index contributed by atoms with van der Waals surface area (Å²) in [5.41, 5.74) is 4.45. The first kappa shape index (κ1) is 20.2. The van der Waals surface area contributed by atoms with E-state index < -0.39 is 0 Å². The molecule has 2 aromatic carbocycles. The van der Waals surface area contributed by atoms with E-state index in [0.717, 1.165) is 60.5 Å². The SMILES string of the molecule is COc1ccc(CN(CCCn2ccnc2)Cc2[nH]c3ccc(F)cc3c2C)cc1. The van der Waals surface area contributed by atoms with Gasteiger partial charge in [0.2, 0.25) is 0 Å². The van der Waals surface area contributed by atoms with E-state index in [0.29, 0.717) is 0 Å². The smallest absolute Gasteiger partial charge is 0.123 e. The molecule has 0 spiro atoms. The molecule has 0 aliphatic carbocycles. The van der Waals surface area contributed by atoms with Crippen molar-refractivity contribution in [2.75, 3.05) is 13.7 Å². The van der Waals surface area contributed by atoms with Crippen molar-refractivity contribution in [3.05, 3.63) is 83.8 Å². The fourth-order valence-corrected chi connectivity index (χ4v) is 3.84. The fourth-order valence-electron chi connectivity index (χ4n) is 3.84. The second-order valence-electron chi connectivity index (χ2n) is 7.63. The number of rotatable bonds is 9. The number of aryl methyl sites for hydroxylation is 2. The molecule has 0 aliphatic rings. The maximum absolute atomic E-state index is 13.7. The molecule has 0 radical (unpaired) electrons. The van der Waals surface area contributed by atoms with Crippen LogP contribution in [-0.2, 0) is 19.6 Å². The highest BCUT2D eigenvalue weighted by Crippen LogP contribution is 2.24. The minimum absolute atomic E-state index is 0.202. The Morgan fingerprint density at radius 2 is 1.97 bits per heavy atom. The number of nitrogens with one attached hydrogen (secondary N) is 1. The molecule has 5 nitrogen and oxygen atoms in total. The Balaban J connectivity index is 1.51. The van der Waals surface area contributed by atoms with Gasteiger partial charge in [0.05, 0.1) is 13.4 Å². The van der Waals surface area contributed by atoms with Crippen LogP contribution in [0.3, 0.4) is 0 Å². The zero-order chi connectivity index (χ0) is 20.9. The number of methoxy groups -OCH3 is 1. The van der Waals surface area contributed by atoms with Crippen molar-refractivity contribution < 1.29 is 9.13 Å². The van der Waals surface area contributed by atoms with Crippen LogP contribution in [0, 0.1) is 12.7 Å². The van der Waals surface area contributed by atoms with Crippen molar-refractivity contribution in [3.8, 4) is 5.75 Å². The summed E-state index contributed by atoms with van der Waals surface area (Å²) >= 11 is 0. The fraction of sp³-hybridized carbons (Fsp3) is 0.292. The Morgan fingerprint density at radius 1 is 1.13 bits per heavy atom. The quantitative estimate of drug-likeness (QED) is 0.429. The van der Waals surface area contributed by atoms with Crippen LogP contribution in [0.1, 0.15) is 23.2 Å². The monoisotopic (exact) mass is 406 g/mol. The predicted molar refractivity (Wildman–Crippen MR) is 117 cm³/mol. The number of benzene rings is 2. The Hall–Kier alpha value is -3.12. The predicted octanol–water partition coefficient (Wildman–Crippen LogP) is 4.91. The second kappa shape index (κ2) is 9.13. The molecule has 0 unspecified atom stereocenters. The van der Waals surface area contributed by atoms with Gasteiger partial charge in [-0.3, -0.25) is 4.90 Å². The third-order valence-corrected chi connectivity index (χ3v) is 5.52. The van der Waals surface area contributed by atoms with Crippen LogP contribution in [0.5, 0.6) is 5.75 Å². The lowest BCUT2D eigenvalue weighted by Crippen LogP contribution is -2.25. The molecule has 2 heterocycles. The number of halogens is 1. The number of ether oxygens (including phenoxy) is 1. The van der Waals surface area contributed by atoms with Crippen LogP contribution in [-0.4, -0.2) is 33.1 Å². The third kappa shape index (κ3) is 4.71. The van der Waals surface area contributed by atoms with Crippen molar-refractivity contribution >= 4 is 10.9 Å². The van der Waals surface area contributed by atoms with Crippen molar-refractivity contribution in [1.82, 2.24) is 19.4 Å². The molecule has 0 bridgehead atoms. The number of fused-ring (bicyclic) bond motifs is 1. The van der Waals surface area contributed by atoms with Crippen molar-refractivity contribution in [3.63, 3.8) is 0 Å². The van der Waals surface area contributed by atoms with E-state index in [1.54, 1.807) is 13.2 Å². The molecule has 0 amide bonds. The highest BCUT2D eigenvalue weighted by molar-refractivity contribution is 5.84. The van der Waals surface area contributed by atoms with Gasteiger partial charge in [-0.2, -0.15) is 0 Å². The number of nitrogens with zero attached hydrogens (tertiary/aromatic N) is 3. The zero-order valence-corrected chi connectivity index (χ0v) is 17.4. The Kier molecular flexibility index (Phi) is 6.14. The molecule has 0 saturated heterocycles. The highest BCUT2D eigenvalue weighted by atomic mass is 19.1. The van der Waals surface area contributed by atoms with Crippen LogP contribution in [0.2, 0.25) is 0 Å². The summed E-state index contributed by atoms with van der Waals surface area (Å²) in [6.07, 6.45) is 6.66. The van der Waals surface area contributed by atoms with E-state index in [4.69, 9.17) is 4.74 Å². The van der Waals surface area contributed by atoms with E-state index in [1.807, 2.05) is 36.9 Å². The molecule has 1 N–H and O–H groups in total. The van der Waals surface area contributed by atoms with Crippen LogP contribution < -0.4 is 4.74 Å². The highest BCUT2D eigenvalue weighted by Gasteiger charge is 2.13. The molecule has 0 aliphatic heterocycles. The van der Waals surface area contributed by atoms with Crippen LogP contribution in [0.4, 0.5) is 4.39 Å². The van der Waals surface area contributed by atoms with Gasteiger partial charge in [-0.05, 0) is 54.8 Å². The van der Waals surface area contributed by atoms with Gasteiger partial charge in [0.15, 0.2) is 0 Å². The average Bonchev–Trinajstić information content (AvgIpc) is 3.37. The minimum Gasteiger partial charge on any atom is -0.497 e. The molecular weight excluding hydrogens is 379 g/mol. The van der Waals surface area contributed by atoms with Gasteiger partial charge in [0, 0.05) is 55.2 Å². The average molecular weight is 407 g/mol. The van der Waals surface area contributed by atoms with Crippen LogP contribution in [0.25, 0.3) is 10.9 Å². The molecule has 2 aromatic heterocycles. The van der Waals surface area contributed by atoms with E-state index in [-0.39, 0.29) is 5.82 Å². The standard InChI is InChI=1S/C24H27FN4O/c1-18-22-14-20(25)6-9-23(22)27-24(18)16-29(12-3-11-28-13-10-26-17-28)15-19-4-7-21(30-2)8-5-19/h4-10,13-14,17,27H,3,11-12,15-16H2,1-2H3. The van der Waals surface area contributed by atoms with Gasteiger partial charge in [-0.15, -0.1) is 0 Å². The normalized spacial score (nSPS) is 11.5. The van der Waals surface area contributed by atoms with Crippen molar-refractivity contribution in [1.29, 1.82) is 0 Å². The molecule has 30 heavy (non-hydrogen) atoms. The van der Waals surface area contributed by atoms with E-state index >= 15 is 0 Å². The number of hydrogen-bond donors (Lipinski definition) is 1. The first-order valence-corrected chi connectivity index (χ1v) is 10.2. The van der Waals surface area contributed by atoms with E-state index in [9.17, 15) is 4.39 Å². The summed E-state index contributed by atoms with van der Waals surface area (Å²) in [5, 5.41) is 0.952. The molecule has 0 atom stereocenters. The summed E-state index contributed by atoms with van der Waals surface area (Å²) in [6.45, 7) is 5.53. The lowest BCUT2D eigenvalue weighted by Gasteiger charge is -2.23. The zero-order valence-electron chi connectivity index (χ0n) is 17.4. The molecule has 6 heteroatoms. The number of aromatic nitrogens is 3. The molecule has 4 rings (SSSR count). The lowest BCUT2D eigenvalue weighted by molar-refractivity contribution is 0.245. The molecule has 4 aromatic rings. The number of aromatic amines is 1. The van der Waals surface area contributed by atoms with Gasteiger partial charge < -0.3 is 14.3 Å². The maximum Gasteiger partial charge on any atom is 0.123 e. The third-order valence-electron chi connectivity index (χ3n) is 5.52. The molecular formula is C24H27FN4O. The lowest BCUT2D eigenvalue weighted by atomic mass is 10.1. The van der Waals surface area contributed by atoms with Gasteiger partial charge in [0.1, 0.15) is 11.6 Å². The largest absolute Gasteiger partial charge is 0.497 e. The minimum atomic E-state index is -0.202. The van der Waals surface area contributed by atoms with E-state index in [1.165, 1.54) is 11.6 Å². The van der Waals surface area contributed by atoms with Gasteiger partial charge >= 0.3 is 0 Å². The molecule has 156 valence electrons. The van der Waals surface area contributed by atoms with E-state index in [2.05, 4.69) is 38.5 Å².